The number of nitrogens with one attached hydrogen (secondary N) is 1. The summed E-state index contributed by atoms with van der Waals surface area (Å²) in [5.41, 5.74) is 0.909. The van der Waals surface area contributed by atoms with E-state index in [0.717, 1.165) is 0 Å². The summed E-state index contributed by atoms with van der Waals surface area (Å²) in [5, 5.41) is 0. The third-order valence-corrected chi connectivity index (χ3v) is 4.29. The predicted molar refractivity (Wildman–Crippen MR) is 94.4 cm³/mol. The average Bonchev–Trinajstić information content (AvgIpc) is 3.16. The molecule has 3 heterocycles. The van der Waals surface area contributed by atoms with Crippen molar-refractivity contribution in [3.8, 4) is 0 Å². The van der Waals surface area contributed by atoms with E-state index in [0.29, 0.717) is 11.2 Å². The van der Waals surface area contributed by atoms with Gasteiger partial charge in [0, 0.05) is 20.8 Å². The molecule has 1 aliphatic rings. The first-order chi connectivity index (χ1) is 13.3. The maximum absolute atomic E-state index is 11.7. The molecule has 3 rings (SSSR count). The number of hydrogen-bond donors (Lipinski definition) is 1. The Balaban J connectivity index is 2.02. The topological polar surface area (TPSA) is 135 Å². The summed E-state index contributed by atoms with van der Waals surface area (Å²) in [6, 6.07) is 0. The van der Waals surface area contributed by atoms with Gasteiger partial charge in [0.25, 0.3) is 0 Å². The second-order valence-electron chi connectivity index (χ2n) is 6.07. The lowest BCUT2D eigenvalue weighted by atomic mass is 10.1. The van der Waals surface area contributed by atoms with Gasteiger partial charge in [-0.25, -0.2) is 9.97 Å². The van der Waals surface area contributed by atoms with E-state index in [2.05, 4.69) is 15.0 Å². The Kier molecular flexibility index (Phi) is 5.70. The molecular weight excluding hydrogens is 392 g/mol. The lowest BCUT2D eigenvalue weighted by molar-refractivity contribution is -0.166. The minimum atomic E-state index is -1.01. The molecule has 0 unspecified atom stereocenters. The van der Waals surface area contributed by atoms with Crippen LogP contribution in [0, 0.1) is 4.64 Å². The molecular formula is C16H18N4O7S. The van der Waals surface area contributed by atoms with Crippen LogP contribution in [0.2, 0.25) is 0 Å². The van der Waals surface area contributed by atoms with Crippen molar-refractivity contribution < 1.29 is 33.3 Å². The number of fused-ring (bicyclic) bond motifs is 1. The van der Waals surface area contributed by atoms with Crippen LogP contribution < -0.4 is 0 Å². The summed E-state index contributed by atoms with van der Waals surface area (Å²) >= 11 is 5.15. The molecule has 1 N–H and O–H groups in total. The standard InChI is InChI=1S/C16H18N4O7S/c1-7(21)24-4-10-12(25-8(2)22)13(26-9(3)23)16(27-10)20-6-19-11-14(20)17-5-18-15(11)28/h5-6,10,12-13,16H,4H2,1-3H3,(H,17,18,28)/t10-,12+,13+,16-/m1/s1. The van der Waals surface area contributed by atoms with Crippen LogP contribution in [0.4, 0.5) is 0 Å². The van der Waals surface area contributed by atoms with E-state index >= 15 is 0 Å². The number of carbonyl (C=O) groups excluding carboxylic acids is 3. The van der Waals surface area contributed by atoms with Gasteiger partial charge in [0.2, 0.25) is 0 Å². The molecule has 0 aromatic carbocycles. The zero-order valence-electron chi connectivity index (χ0n) is 15.3. The van der Waals surface area contributed by atoms with Crippen LogP contribution in [0.25, 0.3) is 11.2 Å². The Bertz CT molecular complexity index is 971. The summed E-state index contributed by atoms with van der Waals surface area (Å²) in [5.74, 6) is -1.72. The van der Waals surface area contributed by atoms with Crippen molar-refractivity contribution >= 4 is 41.3 Å². The summed E-state index contributed by atoms with van der Waals surface area (Å²) in [6.07, 6.45) is -0.920. The third-order valence-electron chi connectivity index (χ3n) is 3.99. The molecule has 0 bridgehead atoms. The maximum Gasteiger partial charge on any atom is 0.303 e. The van der Waals surface area contributed by atoms with Gasteiger partial charge in [-0.15, -0.1) is 0 Å². The minimum Gasteiger partial charge on any atom is -0.463 e. The van der Waals surface area contributed by atoms with Gasteiger partial charge in [-0.05, 0) is 0 Å². The molecule has 4 atom stereocenters. The number of hydrogen-bond acceptors (Lipinski definition) is 10. The quantitative estimate of drug-likeness (QED) is 0.428. The summed E-state index contributed by atoms with van der Waals surface area (Å²) in [6.45, 7) is 3.50. The average molecular weight is 410 g/mol. The molecule has 1 fully saturated rings. The number of carbonyl (C=O) groups is 3. The molecule has 1 aliphatic heterocycles. The second kappa shape index (κ2) is 8.02. The molecule has 0 radical (unpaired) electrons. The van der Waals surface area contributed by atoms with Crippen molar-refractivity contribution in [3.05, 3.63) is 17.3 Å². The number of aromatic nitrogens is 4. The maximum atomic E-state index is 11.7. The van der Waals surface area contributed by atoms with E-state index < -0.39 is 42.4 Å². The van der Waals surface area contributed by atoms with Crippen molar-refractivity contribution in [2.24, 2.45) is 0 Å². The number of aromatic amines is 1. The van der Waals surface area contributed by atoms with E-state index in [9.17, 15) is 14.4 Å². The van der Waals surface area contributed by atoms with E-state index in [-0.39, 0.29) is 11.2 Å². The van der Waals surface area contributed by atoms with Crippen molar-refractivity contribution in [3.63, 3.8) is 0 Å². The van der Waals surface area contributed by atoms with Gasteiger partial charge >= 0.3 is 17.9 Å². The zero-order chi connectivity index (χ0) is 20.4. The fourth-order valence-electron chi connectivity index (χ4n) is 2.98. The lowest BCUT2D eigenvalue weighted by Gasteiger charge is -2.23. The molecule has 0 saturated carbocycles. The first-order valence-corrected chi connectivity index (χ1v) is 8.72. The van der Waals surface area contributed by atoms with Gasteiger partial charge < -0.3 is 23.9 Å². The predicted octanol–water partition coefficient (Wildman–Crippen LogP) is 0.813. The van der Waals surface area contributed by atoms with Crippen molar-refractivity contribution in [1.82, 2.24) is 19.5 Å². The van der Waals surface area contributed by atoms with Crippen LogP contribution >= 0.6 is 12.2 Å². The molecule has 28 heavy (non-hydrogen) atoms. The van der Waals surface area contributed by atoms with Crippen molar-refractivity contribution in [2.45, 2.75) is 45.3 Å². The van der Waals surface area contributed by atoms with Crippen LogP contribution in [0.3, 0.4) is 0 Å². The molecule has 2 aromatic heterocycles. The van der Waals surface area contributed by atoms with E-state index in [1.807, 2.05) is 0 Å². The number of H-pyrrole nitrogens is 1. The first-order valence-electron chi connectivity index (χ1n) is 8.31. The smallest absolute Gasteiger partial charge is 0.303 e. The van der Waals surface area contributed by atoms with Gasteiger partial charge in [-0.1, -0.05) is 12.2 Å². The largest absolute Gasteiger partial charge is 0.463 e. The Labute approximate surface area is 163 Å². The molecule has 0 spiro atoms. The molecule has 150 valence electrons. The van der Waals surface area contributed by atoms with Gasteiger partial charge in [0.15, 0.2) is 23.1 Å². The third kappa shape index (κ3) is 4.02. The van der Waals surface area contributed by atoms with Gasteiger partial charge in [-0.3, -0.25) is 19.0 Å². The normalized spacial score (nSPS) is 24.1. The van der Waals surface area contributed by atoms with E-state index in [4.69, 9.17) is 31.2 Å². The molecule has 0 aliphatic carbocycles. The molecule has 0 amide bonds. The van der Waals surface area contributed by atoms with Gasteiger partial charge in [-0.2, -0.15) is 0 Å². The number of ether oxygens (including phenoxy) is 4. The highest BCUT2D eigenvalue weighted by molar-refractivity contribution is 7.71. The van der Waals surface area contributed by atoms with Gasteiger partial charge in [0.1, 0.15) is 23.9 Å². The highest BCUT2D eigenvalue weighted by Crippen LogP contribution is 2.35. The van der Waals surface area contributed by atoms with Crippen LogP contribution in [0.1, 0.15) is 27.0 Å². The minimum absolute atomic E-state index is 0.189. The Hall–Kier alpha value is -2.86. The number of imidazole rings is 1. The van der Waals surface area contributed by atoms with Crippen LogP contribution in [-0.2, 0) is 33.3 Å². The lowest BCUT2D eigenvalue weighted by Crippen LogP contribution is -2.40. The Morgan fingerprint density at radius 3 is 2.46 bits per heavy atom. The SMILES string of the molecule is CC(=O)OC[C@H]1O[C@@H](n2cnc3c(=S)nc[nH]c32)[C@@H](OC(C)=O)[C@H]1OC(C)=O. The molecule has 2 aromatic rings. The number of rotatable bonds is 5. The van der Waals surface area contributed by atoms with Gasteiger partial charge in [0.05, 0.1) is 12.7 Å². The zero-order valence-corrected chi connectivity index (χ0v) is 16.1. The summed E-state index contributed by atoms with van der Waals surface area (Å²) in [4.78, 5) is 45.6. The summed E-state index contributed by atoms with van der Waals surface area (Å²) < 4.78 is 23.5. The highest BCUT2D eigenvalue weighted by atomic mass is 32.1. The highest BCUT2D eigenvalue weighted by Gasteiger charge is 2.50. The Morgan fingerprint density at radius 2 is 1.82 bits per heavy atom. The van der Waals surface area contributed by atoms with Crippen LogP contribution in [0.15, 0.2) is 12.7 Å². The molecule has 1 saturated heterocycles. The monoisotopic (exact) mass is 410 g/mol. The van der Waals surface area contributed by atoms with Crippen LogP contribution in [-0.4, -0.2) is 62.3 Å². The van der Waals surface area contributed by atoms with E-state index in [1.165, 1.54) is 33.4 Å². The van der Waals surface area contributed by atoms with Crippen LogP contribution in [0.5, 0.6) is 0 Å². The fraction of sp³-hybridized carbons (Fsp3) is 0.500. The molecule has 12 heteroatoms. The number of nitrogens with zero attached hydrogens (tertiary/aromatic N) is 3. The number of esters is 3. The van der Waals surface area contributed by atoms with E-state index in [1.54, 1.807) is 4.57 Å². The van der Waals surface area contributed by atoms with Crippen molar-refractivity contribution in [2.75, 3.05) is 6.61 Å². The van der Waals surface area contributed by atoms with Crippen molar-refractivity contribution in [1.29, 1.82) is 0 Å². The second-order valence-corrected chi connectivity index (χ2v) is 6.46. The first kappa shape index (κ1) is 19.9. The Morgan fingerprint density at radius 1 is 1.14 bits per heavy atom. The molecule has 11 nitrogen and oxygen atoms in total. The summed E-state index contributed by atoms with van der Waals surface area (Å²) in [7, 11) is 0. The fourth-order valence-corrected chi connectivity index (χ4v) is 3.19.